The number of aromatic nitrogens is 3. The number of methoxy groups -OCH3 is 1. The highest BCUT2D eigenvalue weighted by Gasteiger charge is 2.32. The Labute approximate surface area is 143 Å². The SMILES string of the molecule is COCCn1c(CNC2CCS(=O)(=O)CC2)nnc1C1CC(N)C1. The normalized spacial score (nSPS) is 27.1. The molecule has 0 unspecified atom stereocenters. The van der Waals surface area contributed by atoms with Gasteiger partial charge in [-0.25, -0.2) is 8.42 Å². The smallest absolute Gasteiger partial charge is 0.150 e. The van der Waals surface area contributed by atoms with Crippen molar-refractivity contribution in [1.82, 2.24) is 20.1 Å². The molecule has 1 saturated carbocycles. The van der Waals surface area contributed by atoms with Crippen molar-refractivity contribution in [2.45, 2.75) is 56.8 Å². The van der Waals surface area contributed by atoms with Gasteiger partial charge in [0.05, 0.1) is 24.7 Å². The van der Waals surface area contributed by atoms with E-state index < -0.39 is 9.84 Å². The van der Waals surface area contributed by atoms with E-state index in [1.165, 1.54) is 0 Å². The number of nitrogens with one attached hydrogen (secondary N) is 1. The molecule has 0 atom stereocenters. The van der Waals surface area contributed by atoms with Crippen LogP contribution >= 0.6 is 0 Å². The second-order valence-corrected chi connectivity index (χ2v) is 9.16. The third-order valence-electron chi connectivity index (χ3n) is 5.02. The summed E-state index contributed by atoms with van der Waals surface area (Å²) in [6, 6.07) is 0.495. The first-order valence-corrected chi connectivity index (χ1v) is 10.4. The zero-order valence-electron chi connectivity index (χ0n) is 14.1. The summed E-state index contributed by atoms with van der Waals surface area (Å²) in [6.45, 7) is 1.93. The van der Waals surface area contributed by atoms with Crippen molar-refractivity contribution < 1.29 is 13.2 Å². The minimum absolute atomic E-state index is 0.224. The maximum absolute atomic E-state index is 11.5. The van der Waals surface area contributed by atoms with Crippen molar-refractivity contribution in [3.05, 3.63) is 11.6 Å². The second-order valence-electron chi connectivity index (χ2n) is 6.85. The number of rotatable bonds is 7. The van der Waals surface area contributed by atoms with Gasteiger partial charge in [-0.15, -0.1) is 10.2 Å². The number of sulfone groups is 1. The monoisotopic (exact) mass is 357 g/mol. The molecule has 0 aromatic carbocycles. The van der Waals surface area contributed by atoms with Crippen LogP contribution in [-0.4, -0.2) is 60.5 Å². The molecule has 24 heavy (non-hydrogen) atoms. The summed E-state index contributed by atoms with van der Waals surface area (Å²) in [5.41, 5.74) is 5.90. The van der Waals surface area contributed by atoms with E-state index in [4.69, 9.17) is 10.5 Å². The molecule has 2 fully saturated rings. The van der Waals surface area contributed by atoms with Crippen LogP contribution in [0.1, 0.15) is 43.3 Å². The maximum Gasteiger partial charge on any atom is 0.150 e. The van der Waals surface area contributed by atoms with Gasteiger partial charge in [0.15, 0.2) is 0 Å². The van der Waals surface area contributed by atoms with E-state index in [2.05, 4.69) is 20.1 Å². The lowest BCUT2D eigenvalue weighted by Gasteiger charge is -2.32. The Balaban J connectivity index is 1.62. The van der Waals surface area contributed by atoms with Gasteiger partial charge >= 0.3 is 0 Å². The minimum Gasteiger partial charge on any atom is -0.383 e. The lowest BCUT2D eigenvalue weighted by molar-refractivity contribution is 0.183. The van der Waals surface area contributed by atoms with Crippen LogP contribution in [0, 0.1) is 0 Å². The maximum atomic E-state index is 11.5. The first-order valence-electron chi connectivity index (χ1n) is 8.59. The number of nitrogens with two attached hydrogens (primary N) is 1. The molecule has 1 aliphatic heterocycles. The van der Waals surface area contributed by atoms with Gasteiger partial charge in [0.1, 0.15) is 21.5 Å². The fourth-order valence-electron chi connectivity index (χ4n) is 3.41. The standard InChI is InChI=1S/C15H27N5O3S/c1-23-5-4-20-14(18-19-15(20)11-8-12(16)9-11)10-17-13-2-6-24(21,22)7-3-13/h11-13,17H,2-10,16H2,1H3. The topological polar surface area (TPSA) is 112 Å². The van der Waals surface area contributed by atoms with Crippen molar-refractivity contribution in [2.24, 2.45) is 5.73 Å². The van der Waals surface area contributed by atoms with Crippen LogP contribution in [0.4, 0.5) is 0 Å². The Hall–Kier alpha value is -1.03. The van der Waals surface area contributed by atoms with Gasteiger partial charge in [0.25, 0.3) is 0 Å². The molecular formula is C15H27N5O3S. The molecule has 136 valence electrons. The quantitative estimate of drug-likeness (QED) is 0.695. The molecule has 9 heteroatoms. The van der Waals surface area contributed by atoms with Crippen LogP contribution in [0.25, 0.3) is 0 Å². The molecule has 3 N–H and O–H groups in total. The lowest BCUT2D eigenvalue weighted by atomic mass is 9.80. The van der Waals surface area contributed by atoms with E-state index in [-0.39, 0.29) is 23.6 Å². The average molecular weight is 357 g/mol. The molecule has 0 amide bonds. The Bertz CT molecular complexity index is 640. The number of hydrogen-bond acceptors (Lipinski definition) is 7. The van der Waals surface area contributed by atoms with Crippen molar-refractivity contribution in [3.63, 3.8) is 0 Å². The zero-order chi connectivity index (χ0) is 17.2. The average Bonchev–Trinajstić information content (AvgIpc) is 2.91. The molecule has 3 rings (SSSR count). The first kappa shape index (κ1) is 17.8. The summed E-state index contributed by atoms with van der Waals surface area (Å²) in [5, 5.41) is 12.2. The van der Waals surface area contributed by atoms with Crippen LogP contribution in [0.15, 0.2) is 0 Å². The first-order chi connectivity index (χ1) is 11.5. The van der Waals surface area contributed by atoms with E-state index in [0.717, 1.165) is 31.0 Å². The Morgan fingerprint density at radius 1 is 1.29 bits per heavy atom. The van der Waals surface area contributed by atoms with Crippen molar-refractivity contribution >= 4 is 9.84 Å². The number of ether oxygens (including phenoxy) is 1. The summed E-state index contributed by atoms with van der Waals surface area (Å²) in [5.74, 6) is 2.81. The molecule has 1 aromatic rings. The van der Waals surface area contributed by atoms with Crippen molar-refractivity contribution in [3.8, 4) is 0 Å². The van der Waals surface area contributed by atoms with Crippen LogP contribution in [-0.2, 0) is 27.7 Å². The van der Waals surface area contributed by atoms with Crippen molar-refractivity contribution in [2.75, 3.05) is 25.2 Å². The van der Waals surface area contributed by atoms with Gasteiger partial charge in [0, 0.05) is 31.7 Å². The molecule has 1 saturated heterocycles. The summed E-state index contributed by atoms with van der Waals surface area (Å²) >= 11 is 0. The Kier molecular flexibility index (Phi) is 5.53. The molecule has 1 aliphatic carbocycles. The fraction of sp³-hybridized carbons (Fsp3) is 0.867. The van der Waals surface area contributed by atoms with Gasteiger partial charge in [-0.05, 0) is 25.7 Å². The zero-order valence-corrected chi connectivity index (χ0v) is 15.0. The molecule has 0 bridgehead atoms. The Morgan fingerprint density at radius 2 is 2.00 bits per heavy atom. The molecule has 0 radical (unpaired) electrons. The molecule has 0 spiro atoms. The van der Waals surface area contributed by atoms with Crippen molar-refractivity contribution in [1.29, 1.82) is 0 Å². The predicted molar refractivity (Wildman–Crippen MR) is 90.4 cm³/mol. The highest BCUT2D eigenvalue weighted by Crippen LogP contribution is 2.34. The summed E-state index contributed by atoms with van der Waals surface area (Å²) in [4.78, 5) is 0. The summed E-state index contributed by atoms with van der Waals surface area (Å²) in [6.07, 6.45) is 3.25. The number of nitrogens with zero attached hydrogens (tertiary/aromatic N) is 3. The van der Waals surface area contributed by atoms with Gasteiger partial charge in [-0.1, -0.05) is 0 Å². The highest BCUT2D eigenvalue weighted by molar-refractivity contribution is 7.91. The molecule has 2 aliphatic rings. The van der Waals surface area contributed by atoms with Gasteiger partial charge < -0.3 is 20.4 Å². The molecular weight excluding hydrogens is 330 g/mol. The van der Waals surface area contributed by atoms with Gasteiger partial charge in [0.2, 0.25) is 0 Å². The number of hydrogen-bond donors (Lipinski definition) is 2. The molecule has 1 aromatic heterocycles. The van der Waals surface area contributed by atoms with Crippen LogP contribution < -0.4 is 11.1 Å². The van der Waals surface area contributed by atoms with Crippen LogP contribution in [0.2, 0.25) is 0 Å². The molecule has 8 nitrogen and oxygen atoms in total. The van der Waals surface area contributed by atoms with Crippen LogP contribution in [0.3, 0.4) is 0 Å². The predicted octanol–water partition coefficient (Wildman–Crippen LogP) is -0.204. The van der Waals surface area contributed by atoms with Crippen LogP contribution in [0.5, 0.6) is 0 Å². The van der Waals surface area contributed by atoms with Gasteiger partial charge in [-0.2, -0.15) is 0 Å². The van der Waals surface area contributed by atoms with E-state index in [1.54, 1.807) is 7.11 Å². The third-order valence-corrected chi connectivity index (χ3v) is 6.73. The summed E-state index contributed by atoms with van der Waals surface area (Å²) in [7, 11) is -1.14. The largest absolute Gasteiger partial charge is 0.383 e. The minimum atomic E-state index is -2.83. The third kappa shape index (κ3) is 4.14. The van der Waals surface area contributed by atoms with E-state index in [0.29, 0.717) is 31.9 Å². The fourth-order valence-corrected chi connectivity index (χ4v) is 4.90. The highest BCUT2D eigenvalue weighted by atomic mass is 32.2. The van der Waals surface area contributed by atoms with Gasteiger partial charge in [-0.3, -0.25) is 0 Å². The van der Waals surface area contributed by atoms with E-state index >= 15 is 0 Å². The summed E-state index contributed by atoms with van der Waals surface area (Å²) < 4.78 is 30.4. The Morgan fingerprint density at radius 3 is 2.62 bits per heavy atom. The lowest BCUT2D eigenvalue weighted by Crippen LogP contribution is -2.38. The van der Waals surface area contributed by atoms with E-state index in [1.807, 2.05) is 0 Å². The molecule has 2 heterocycles. The van der Waals surface area contributed by atoms with E-state index in [9.17, 15) is 8.42 Å². The second kappa shape index (κ2) is 7.47.